The average Bonchev–Trinajstić information content (AvgIpc) is 2.15. The summed E-state index contributed by atoms with van der Waals surface area (Å²) in [4.78, 5) is 0. The van der Waals surface area contributed by atoms with Gasteiger partial charge in [0.15, 0.2) is 0 Å². The molecule has 0 saturated carbocycles. The van der Waals surface area contributed by atoms with Gasteiger partial charge in [-0.1, -0.05) is 5.16 Å². The lowest BCUT2D eigenvalue weighted by molar-refractivity contribution is 0.391. The summed E-state index contributed by atoms with van der Waals surface area (Å²) < 4.78 is 4.90. The standard InChI is InChI=1S/C7H10NO/c1-4-7-5(2)6(3)9-8-7/h1,4H2,2-3H3. The summed E-state index contributed by atoms with van der Waals surface area (Å²) in [5.74, 6) is 0.897. The maximum Gasteiger partial charge on any atom is 0.136 e. The van der Waals surface area contributed by atoms with E-state index in [0.717, 1.165) is 17.0 Å². The third-order valence-corrected chi connectivity index (χ3v) is 1.49. The summed E-state index contributed by atoms with van der Waals surface area (Å²) in [5.41, 5.74) is 2.09. The third-order valence-electron chi connectivity index (χ3n) is 1.49. The van der Waals surface area contributed by atoms with Gasteiger partial charge in [-0.05, 0) is 27.2 Å². The zero-order valence-electron chi connectivity index (χ0n) is 5.77. The Labute approximate surface area is 54.9 Å². The molecule has 0 unspecified atom stereocenters. The van der Waals surface area contributed by atoms with E-state index in [1.54, 1.807) is 0 Å². The fourth-order valence-electron chi connectivity index (χ4n) is 0.697. The molecule has 0 aromatic carbocycles. The molecule has 1 aromatic heterocycles. The first kappa shape index (κ1) is 6.33. The van der Waals surface area contributed by atoms with E-state index in [-0.39, 0.29) is 0 Å². The molecular weight excluding hydrogens is 114 g/mol. The highest BCUT2D eigenvalue weighted by molar-refractivity contribution is 5.19. The quantitative estimate of drug-likeness (QED) is 0.569. The van der Waals surface area contributed by atoms with E-state index in [4.69, 9.17) is 4.52 Å². The molecule has 1 radical (unpaired) electrons. The molecule has 0 atom stereocenters. The first-order valence-electron chi connectivity index (χ1n) is 2.96. The minimum atomic E-state index is 0.711. The van der Waals surface area contributed by atoms with Crippen molar-refractivity contribution in [1.29, 1.82) is 0 Å². The van der Waals surface area contributed by atoms with Gasteiger partial charge >= 0.3 is 0 Å². The molecule has 0 aliphatic carbocycles. The Hall–Kier alpha value is -0.790. The molecular formula is C7H10NO. The van der Waals surface area contributed by atoms with Crippen molar-refractivity contribution in [2.45, 2.75) is 20.3 Å². The second-order valence-corrected chi connectivity index (χ2v) is 2.06. The normalized spacial score (nSPS) is 10.1. The van der Waals surface area contributed by atoms with Crippen LogP contribution in [0.4, 0.5) is 0 Å². The van der Waals surface area contributed by atoms with Crippen LogP contribution < -0.4 is 0 Å². The highest BCUT2D eigenvalue weighted by atomic mass is 16.5. The zero-order valence-corrected chi connectivity index (χ0v) is 5.77. The predicted molar refractivity (Wildman–Crippen MR) is 35.0 cm³/mol. The SMILES string of the molecule is [CH2]Cc1noc(C)c1C. The molecule has 0 aliphatic rings. The Kier molecular flexibility index (Phi) is 1.56. The highest BCUT2D eigenvalue weighted by Gasteiger charge is 2.03. The van der Waals surface area contributed by atoms with Crippen LogP contribution in [0.5, 0.6) is 0 Å². The van der Waals surface area contributed by atoms with E-state index in [2.05, 4.69) is 12.1 Å². The van der Waals surface area contributed by atoms with Crippen LogP contribution in [0.2, 0.25) is 0 Å². The average molecular weight is 124 g/mol. The van der Waals surface area contributed by atoms with Gasteiger partial charge in [0.25, 0.3) is 0 Å². The summed E-state index contributed by atoms with van der Waals surface area (Å²) in [7, 11) is 0. The van der Waals surface area contributed by atoms with E-state index < -0.39 is 0 Å². The topological polar surface area (TPSA) is 26.0 Å². The molecule has 49 valence electrons. The number of nitrogens with zero attached hydrogens (tertiary/aromatic N) is 1. The van der Waals surface area contributed by atoms with Gasteiger partial charge in [0.1, 0.15) is 5.76 Å². The van der Waals surface area contributed by atoms with Crippen molar-refractivity contribution in [2.24, 2.45) is 0 Å². The van der Waals surface area contributed by atoms with Crippen LogP contribution in [0.15, 0.2) is 4.52 Å². The molecule has 0 amide bonds. The van der Waals surface area contributed by atoms with Gasteiger partial charge in [-0.2, -0.15) is 0 Å². The van der Waals surface area contributed by atoms with E-state index >= 15 is 0 Å². The zero-order chi connectivity index (χ0) is 6.85. The Morgan fingerprint density at radius 2 is 2.22 bits per heavy atom. The van der Waals surface area contributed by atoms with Gasteiger partial charge in [0.2, 0.25) is 0 Å². The Morgan fingerprint density at radius 3 is 2.44 bits per heavy atom. The van der Waals surface area contributed by atoms with E-state index in [0.29, 0.717) is 6.42 Å². The van der Waals surface area contributed by atoms with E-state index in [9.17, 15) is 0 Å². The van der Waals surface area contributed by atoms with Crippen LogP contribution in [0.1, 0.15) is 17.0 Å². The summed E-state index contributed by atoms with van der Waals surface area (Å²) in [6, 6.07) is 0. The van der Waals surface area contributed by atoms with Gasteiger partial charge in [0, 0.05) is 5.56 Å². The highest BCUT2D eigenvalue weighted by Crippen LogP contribution is 2.10. The van der Waals surface area contributed by atoms with Crippen molar-refractivity contribution in [3.8, 4) is 0 Å². The first-order chi connectivity index (χ1) is 4.25. The smallest absolute Gasteiger partial charge is 0.136 e. The summed E-state index contributed by atoms with van der Waals surface area (Å²) in [6.07, 6.45) is 0.711. The van der Waals surface area contributed by atoms with Gasteiger partial charge in [-0.15, -0.1) is 0 Å². The molecule has 2 nitrogen and oxygen atoms in total. The molecule has 1 rings (SSSR count). The van der Waals surface area contributed by atoms with Crippen molar-refractivity contribution < 1.29 is 4.52 Å². The van der Waals surface area contributed by atoms with Gasteiger partial charge in [-0.25, -0.2) is 0 Å². The second-order valence-electron chi connectivity index (χ2n) is 2.06. The van der Waals surface area contributed by atoms with Crippen LogP contribution >= 0.6 is 0 Å². The van der Waals surface area contributed by atoms with Crippen molar-refractivity contribution in [3.63, 3.8) is 0 Å². The Morgan fingerprint density at radius 1 is 1.56 bits per heavy atom. The molecule has 1 heterocycles. The fraction of sp³-hybridized carbons (Fsp3) is 0.429. The van der Waals surface area contributed by atoms with Crippen LogP contribution in [0, 0.1) is 20.8 Å². The lowest BCUT2D eigenvalue weighted by atomic mass is 10.2. The van der Waals surface area contributed by atoms with E-state index in [1.807, 2.05) is 13.8 Å². The van der Waals surface area contributed by atoms with Gasteiger partial charge < -0.3 is 4.52 Å². The minimum absolute atomic E-state index is 0.711. The van der Waals surface area contributed by atoms with E-state index in [1.165, 1.54) is 0 Å². The maximum atomic E-state index is 4.90. The largest absolute Gasteiger partial charge is 0.361 e. The van der Waals surface area contributed by atoms with Crippen LogP contribution in [-0.4, -0.2) is 5.16 Å². The van der Waals surface area contributed by atoms with Crippen molar-refractivity contribution in [2.75, 3.05) is 0 Å². The molecule has 0 fully saturated rings. The molecule has 9 heavy (non-hydrogen) atoms. The molecule has 0 spiro atoms. The lowest BCUT2D eigenvalue weighted by Gasteiger charge is -1.85. The van der Waals surface area contributed by atoms with Gasteiger partial charge in [-0.3, -0.25) is 0 Å². The molecule has 1 aromatic rings. The monoisotopic (exact) mass is 124 g/mol. The molecule has 2 heteroatoms. The number of hydrogen-bond acceptors (Lipinski definition) is 2. The fourth-order valence-corrected chi connectivity index (χ4v) is 0.697. The summed E-state index contributed by atoms with van der Waals surface area (Å²) in [5, 5.41) is 3.80. The van der Waals surface area contributed by atoms with Crippen LogP contribution in [-0.2, 0) is 6.42 Å². The number of rotatable bonds is 1. The number of aryl methyl sites for hydroxylation is 1. The second kappa shape index (κ2) is 2.21. The van der Waals surface area contributed by atoms with Crippen molar-refractivity contribution in [1.82, 2.24) is 5.16 Å². The molecule has 0 aliphatic heterocycles. The first-order valence-corrected chi connectivity index (χ1v) is 2.96. The summed E-state index contributed by atoms with van der Waals surface area (Å²) in [6.45, 7) is 7.60. The minimum Gasteiger partial charge on any atom is -0.361 e. The maximum absolute atomic E-state index is 4.90. The number of hydrogen-bond donors (Lipinski definition) is 0. The van der Waals surface area contributed by atoms with Crippen molar-refractivity contribution >= 4 is 0 Å². The molecule has 0 N–H and O–H groups in total. The van der Waals surface area contributed by atoms with Crippen LogP contribution in [0.3, 0.4) is 0 Å². The van der Waals surface area contributed by atoms with Crippen LogP contribution in [0.25, 0.3) is 0 Å². The summed E-state index contributed by atoms with van der Waals surface area (Å²) >= 11 is 0. The third kappa shape index (κ3) is 0.969. The molecule has 0 bridgehead atoms. The van der Waals surface area contributed by atoms with Gasteiger partial charge in [0.05, 0.1) is 5.69 Å². The Bertz CT molecular complexity index is 203. The number of aromatic nitrogens is 1. The lowest BCUT2D eigenvalue weighted by Crippen LogP contribution is -1.82. The van der Waals surface area contributed by atoms with Crippen molar-refractivity contribution in [3.05, 3.63) is 23.9 Å². The predicted octanol–water partition coefficient (Wildman–Crippen LogP) is 1.67. The molecule has 0 saturated heterocycles. The Balaban J connectivity index is 3.04.